The molecule has 0 aliphatic rings. The molecule has 0 aromatic rings. The lowest BCUT2D eigenvalue weighted by atomic mass is 10.1. The fourth-order valence-corrected chi connectivity index (χ4v) is 1.17. The molecule has 0 fully saturated rings. The fraction of sp³-hybridized carbons (Fsp3) is 0.538. The van der Waals surface area contributed by atoms with Crippen molar-refractivity contribution >= 4 is 0 Å². The molecule has 3 atom stereocenters. The van der Waals surface area contributed by atoms with Crippen molar-refractivity contribution in [3.63, 3.8) is 0 Å². The van der Waals surface area contributed by atoms with Gasteiger partial charge in [-0.15, -0.1) is 6.58 Å². The van der Waals surface area contributed by atoms with E-state index in [1.54, 1.807) is 30.4 Å². The monoisotopic (exact) mass is 226 g/mol. The lowest BCUT2D eigenvalue weighted by molar-refractivity contribution is 0.0197. The normalized spacial score (nSPS) is 17.8. The number of hydrogen-bond donors (Lipinski definition) is 3. The molecule has 0 aromatic heterocycles. The summed E-state index contributed by atoms with van der Waals surface area (Å²) >= 11 is 0. The number of aliphatic hydroxyl groups excluding tert-OH is 3. The van der Waals surface area contributed by atoms with Crippen molar-refractivity contribution in [1.29, 1.82) is 0 Å². The van der Waals surface area contributed by atoms with E-state index in [0.29, 0.717) is 19.3 Å². The van der Waals surface area contributed by atoms with Gasteiger partial charge in [-0.3, -0.25) is 0 Å². The van der Waals surface area contributed by atoms with Gasteiger partial charge in [-0.2, -0.15) is 0 Å². The summed E-state index contributed by atoms with van der Waals surface area (Å²) < 4.78 is 0. The largest absolute Gasteiger partial charge is 0.390 e. The molecule has 3 N–H and O–H groups in total. The Morgan fingerprint density at radius 2 is 1.75 bits per heavy atom. The van der Waals surface area contributed by atoms with Crippen LogP contribution < -0.4 is 0 Å². The van der Waals surface area contributed by atoms with Gasteiger partial charge in [-0.1, -0.05) is 37.3 Å². The molecule has 0 heterocycles. The van der Waals surface area contributed by atoms with Crippen LogP contribution in [0.15, 0.2) is 37.0 Å². The van der Waals surface area contributed by atoms with Gasteiger partial charge in [0.15, 0.2) is 0 Å². The summed E-state index contributed by atoms with van der Waals surface area (Å²) in [5, 5.41) is 28.0. The third kappa shape index (κ3) is 7.40. The highest BCUT2D eigenvalue weighted by molar-refractivity contribution is 5.06. The lowest BCUT2D eigenvalue weighted by Crippen LogP contribution is -2.23. The second-order valence-corrected chi connectivity index (χ2v) is 3.68. The first-order valence-electron chi connectivity index (χ1n) is 5.60. The molecule has 0 bridgehead atoms. The quantitative estimate of drug-likeness (QED) is 0.435. The molecule has 0 spiro atoms. The van der Waals surface area contributed by atoms with Crippen LogP contribution in [0, 0.1) is 0 Å². The van der Waals surface area contributed by atoms with Gasteiger partial charge in [0, 0.05) is 0 Å². The van der Waals surface area contributed by atoms with Crippen LogP contribution >= 0.6 is 0 Å². The molecule has 92 valence electrons. The van der Waals surface area contributed by atoms with Gasteiger partial charge in [0.2, 0.25) is 0 Å². The molecule has 0 aliphatic heterocycles. The van der Waals surface area contributed by atoms with E-state index in [9.17, 15) is 15.3 Å². The summed E-state index contributed by atoms with van der Waals surface area (Å²) in [6.45, 7) is 5.35. The van der Waals surface area contributed by atoms with E-state index in [1.807, 2.05) is 6.92 Å². The second kappa shape index (κ2) is 9.33. The minimum atomic E-state index is -0.715. The molecule has 0 radical (unpaired) electrons. The first-order valence-corrected chi connectivity index (χ1v) is 5.60. The average Bonchev–Trinajstić information content (AvgIpc) is 2.27. The third-order valence-corrected chi connectivity index (χ3v) is 2.23. The van der Waals surface area contributed by atoms with Crippen molar-refractivity contribution in [3.05, 3.63) is 37.0 Å². The molecule has 3 heteroatoms. The molecule has 0 saturated carbocycles. The Bertz CT molecular complexity index is 233. The standard InChI is InChI=1S/C13H22O3/c1-3-8-11(14)9-6-5-7-10-13(16)12(15)4-2/h3,5-7,9,11-16H,1,4,8,10H2,2H3/b7-5-,9-6+/t11-,12-,13-/m0/s1. The minimum Gasteiger partial charge on any atom is -0.390 e. The summed E-state index contributed by atoms with van der Waals surface area (Å²) in [6, 6.07) is 0. The van der Waals surface area contributed by atoms with Gasteiger partial charge in [0.05, 0.1) is 18.3 Å². The maximum atomic E-state index is 9.42. The minimum absolute atomic E-state index is 0.414. The van der Waals surface area contributed by atoms with Gasteiger partial charge in [-0.25, -0.2) is 0 Å². The molecule has 0 aliphatic carbocycles. The van der Waals surface area contributed by atoms with Crippen LogP contribution in [0.4, 0.5) is 0 Å². The molecule has 0 rings (SSSR count). The van der Waals surface area contributed by atoms with Gasteiger partial charge in [-0.05, 0) is 19.3 Å². The highest BCUT2D eigenvalue weighted by Crippen LogP contribution is 2.03. The zero-order chi connectivity index (χ0) is 12.4. The van der Waals surface area contributed by atoms with Gasteiger partial charge >= 0.3 is 0 Å². The van der Waals surface area contributed by atoms with Crippen molar-refractivity contribution < 1.29 is 15.3 Å². The first-order chi connectivity index (χ1) is 7.61. The molecular formula is C13H22O3. The van der Waals surface area contributed by atoms with Gasteiger partial charge in [0.25, 0.3) is 0 Å². The maximum Gasteiger partial charge on any atom is 0.0833 e. The molecule has 0 unspecified atom stereocenters. The number of allylic oxidation sites excluding steroid dienone is 2. The summed E-state index contributed by atoms with van der Waals surface area (Å²) in [6.07, 6.45) is 8.14. The third-order valence-electron chi connectivity index (χ3n) is 2.23. The van der Waals surface area contributed by atoms with Crippen LogP contribution in [0.25, 0.3) is 0 Å². The van der Waals surface area contributed by atoms with E-state index in [4.69, 9.17) is 0 Å². The number of hydrogen-bond acceptors (Lipinski definition) is 3. The van der Waals surface area contributed by atoms with Crippen LogP contribution in [-0.4, -0.2) is 33.6 Å². The molecule has 16 heavy (non-hydrogen) atoms. The zero-order valence-electron chi connectivity index (χ0n) is 9.79. The van der Waals surface area contributed by atoms with E-state index in [0.717, 1.165) is 0 Å². The fourth-order valence-electron chi connectivity index (χ4n) is 1.17. The molecule has 0 saturated heterocycles. The Balaban J connectivity index is 3.80. The molecule has 0 amide bonds. The molecule has 0 aromatic carbocycles. The van der Waals surface area contributed by atoms with E-state index < -0.39 is 18.3 Å². The SMILES string of the molecule is C=CC[C@H](O)/C=C/C=C\C[C@H](O)[C@@H](O)CC. The summed E-state index contributed by atoms with van der Waals surface area (Å²) in [4.78, 5) is 0. The second-order valence-electron chi connectivity index (χ2n) is 3.68. The van der Waals surface area contributed by atoms with Crippen LogP contribution in [0.5, 0.6) is 0 Å². The van der Waals surface area contributed by atoms with E-state index >= 15 is 0 Å². The van der Waals surface area contributed by atoms with Crippen molar-refractivity contribution in [1.82, 2.24) is 0 Å². The Kier molecular flexibility index (Phi) is 8.81. The van der Waals surface area contributed by atoms with Crippen molar-refractivity contribution in [3.8, 4) is 0 Å². The van der Waals surface area contributed by atoms with Crippen molar-refractivity contribution in [2.24, 2.45) is 0 Å². The highest BCUT2D eigenvalue weighted by atomic mass is 16.3. The smallest absolute Gasteiger partial charge is 0.0833 e. The number of rotatable bonds is 8. The Morgan fingerprint density at radius 3 is 2.31 bits per heavy atom. The Hall–Kier alpha value is -0.900. The highest BCUT2D eigenvalue weighted by Gasteiger charge is 2.11. The van der Waals surface area contributed by atoms with Crippen molar-refractivity contribution in [2.45, 2.75) is 44.5 Å². The number of aliphatic hydroxyl groups is 3. The summed E-state index contributed by atoms with van der Waals surface area (Å²) in [7, 11) is 0. The maximum absolute atomic E-state index is 9.42. The Morgan fingerprint density at radius 1 is 1.06 bits per heavy atom. The van der Waals surface area contributed by atoms with E-state index in [1.165, 1.54) is 0 Å². The topological polar surface area (TPSA) is 60.7 Å². The molecular weight excluding hydrogens is 204 g/mol. The van der Waals surface area contributed by atoms with E-state index in [2.05, 4.69) is 6.58 Å². The predicted octanol–water partition coefficient (Wildman–Crippen LogP) is 1.56. The van der Waals surface area contributed by atoms with Gasteiger partial charge in [0.1, 0.15) is 0 Å². The van der Waals surface area contributed by atoms with E-state index in [-0.39, 0.29) is 0 Å². The zero-order valence-corrected chi connectivity index (χ0v) is 9.79. The average molecular weight is 226 g/mol. The van der Waals surface area contributed by atoms with Crippen LogP contribution in [0.2, 0.25) is 0 Å². The van der Waals surface area contributed by atoms with Crippen molar-refractivity contribution in [2.75, 3.05) is 0 Å². The Labute approximate surface area is 97.4 Å². The van der Waals surface area contributed by atoms with Crippen LogP contribution in [0.1, 0.15) is 26.2 Å². The van der Waals surface area contributed by atoms with Crippen LogP contribution in [0.3, 0.4) is 0 Å². The molecule has 3 nitrogen and oxygen atoms in total. The first kappa shape index (κ1) is 15.1. The summed E-state index contributed by atoms with van der Waals surface area (Å²) in [5.74, 6) is 0. The summed E-state index contributed by atoms with van der Waals surface area (Å²) in [5.41, 5.74) is 0. The van der Waals surface area contributed by atoms with Crippen LogP contribution in [-0.2, 0) is 0 Å². The predicted molar refractivity (Wildman–Crippen MR) is 66.0 cm³/mol. The lowest BCUT2D eigenvalue weighted by Gasteiger charge is -2.13. The van der Waals surface area contributed by atoms with Gasteiger partial charge < -0.3 is 15.3 Å².